The molecule has 2 amide bonds. The maximum atomic E-state index is 11.6. The highest BCUT2D eigenvalue weighted by atomic mass is 16.4. The lowest BCUT2D eigenvalue weighted by molar-refractivity contribution is -0.132. The molecule has 0 aliphatic heterocycles. The van der Waals surface area contributed by atoms with Crippen molar-refractivity contribution in [2.45, 2.75) is 6.92 Å². The zero-order valence-electron chi connectivity index (χ0n) is 12.1. The summed E-state index contributed by atoms with van der Waals surface area (Å²) in [7, 11) is 0. The molecule has 0 heterocycles. The number of benzene rings is 1. The number of carbonyl (C=O) groups is 4. The minimum Gasteiger partial charge on any atom is -0.478 e. The molecule has 1 rings (SSSR count). The molecule has 0 aromatic heterocycles. The summed E-state index contributed by atoms with van der Waals surface area (Å²) < 4.78 is 0. The normalized spacial score (nSPS) is 10.7. The van der Waals surface area contributed by atoms with E-state index in [0.29, 0.717) is 12.2 Å². The number of carboxylic acids is 2. The molecule has 0 unspecified atom stereocenters. The zero-order chi connectivity index (χ0) is 17.4. The van der Waals surface area contributed by atoms with E-state index < -0.39 is 23.8 Å². The Morgan fingerprint density at radius 1 is 0.826 bits per heavy atom. The average molecular weight is 318 g/mol. The maximum Gasteiger partial charge on any atom is 0.328 e. The molecule has 8 nitrogen and oxygen atoms in total. The van der Waals surface area contributed by atoms with Crippen molar-refractivity contribution in [2.24, 2.45) is 0 Å². The first-order valence-electron chi connectivity index (χ1n) is 6.32. The molecule has 0 radical (unpaired) electrons. The van der Waals surface area contributed by atoms with Gasteiger partial charge in [-0.05, 0) is 24.6 Å². The Hall–Kier alpha value is -3.42. The van der Waals surface area contributed by atoms with Crippen LogP contribution in [-0.4, -0.2) is 34.0 Å². The number of rotatable bonds is 6. The number of amides is 2. The van der Waals surface area contributed by atoms with E-state index >= 15 is 0 Å². The molecule has 0 fully saturated rings. The standard InChI is InChI=1S/C15H14N2O6/c1-9-2-3-10(16-12(18)4-6-14(20)21)11(8-9)17-13(19)5-7-15(22)23/h2-8H,1H3,(H,16,18)(H,17,19)(H,20,21)(H,22,23)/b6-4+,7-5-. The van der Waals surface area contributed by atoms with Gasteiger partial charge in [-0.2, -0.15) is 0 Å². The summed E-state index contributed by atoms with van der Waals surface area (Å²) in [5, 5.41) is 21.8. The van der Waals surface area contributed by atoms with Crippen molar-refractivity contribution in [3.8, 4) is 0 Å². The summed E-state index contributed by atoms with van der Waals surface area (Å²) in [6.45, 7) is 1.76. The fourth-order valence-corrected chi connectivity index (χ4v) is 1.51. The predicted molar refractivity (Wildman–Crippen MR) is 82.0 cm³/mol. The van der Waals surface area contributed by atoms with E-state index in [1.807, 2.05) is 0 Å². The van der Waals surface area contributed by atoms with E-state index in [4.69, 9.17) is 10.2 Å². The lowest BCUT2D eigenvalue weighted by atomic mass is 10.2. The summed E-state index contributed by atoms with van der Waals surface area (Å²) in [5.74, 6) is -3.91. The van der Waals surface area contributed by atoms with Crippen LogP contribution in [0.4, 0.5) is 11.4 Å². The number of aryl methyl sites for hydroxylation is 1. The number of carboxylic acid groups (broad SMARTS) is 2. The van der Waals surface area contributed by atoms with Gasteiger partial charge in [0.2, 0.25) is 11.8 Å². The molecule has 120 valence electrons. The van der Waals surface area contributed by atoms with Crippen molar-refractivity contribution in [2.75, 3.05) is 10.6 Å². The third kappa shape index (κ3) is 6.71. The Balaban J connectivity index is 2.92. The van der Waals surface area contributed by atoms with Gasteiger partial charge in [-0.3, -0.25) is 9.59 Å². The molecule has 0 bridgehead atoms. The molecule has 0 aliphatic rings. The van der Waals surface area contributed by atoms with E-state index in [0.717, 1.165) is 17.7 Å². The summed E-state index contributed by atoms with van der Waals surface area (Å²) >= 11 is 0. The second-order valence-corrected chi connectivity index (χ2v) is 4.37. The van der Waals surface area contributed by atoms with E-state index in [2.05, 4.69) is 10.6 Å². The molecule has 23 heavy (non-hydrogen) atoms. The van der Waals surface area contributed by atoms with Gasteiger partial charge in [-0.25, -0.2) is 9.59 Å². The van der Waals surface area contributed by atoms with Gasteiger partial charge in [0, 0.05) is 24.3 Å². The number of hydrogen-bond donors (Lipinski definition) is 4. The number of carbonyl (C=O) groups excluding carboxylic acids is 2. The fourth-order valence-electron chi connectivity index (χ4n) is 1.51. The molecule has 1 aromatic rings. The Bertz CT molecular complexity index is 706. The highest BCUT2D eigenvalue weighted by Crippen LogP contribution is 2.23. The van der Waals surface area contributed by atoms with Crippen molar-refractivity contribution >= 4 is 35.1 Å². The average Bonchev–Trinajstić information content (AvgIpc) is 2.46. The zero-order valence-corrected chi connectivity index (χ0v) is 12.1. The second-order valence-electron chi connectivity index (χ2n) is 4.37. The SMILES string of the molecule is Cc1ccc(NC(=O)/C=C/C(=O)O)c(NC(=O)/C=C\C(=O)O)c1. The monoisotopic (exact) mass is 318 g/mol. The first kappa shape index (κ1) is 17.6. The van der Waals surface area contributed by atoms with Crippen LogP contribution in [0.5, 0.6) is 0 Å². The summed E-state index contributed by atoms with van der Waals surface area (Å²) in [6, 6.07) is 4.78. The smallest absolute Gasteiger partial charge is 0.328 e. The lowest BCUT2D eigenvalue weighted by Crippen LogP contribution is -2.14. The van der Waals surface area contributed by atoms with Crippen LogP contribution in [0.3, 0.4) is 0 Å². The summed E-state index contributed by atoms with van der Waals surface area (Å²) in [5.41, 5.74) is 1.29. The topological polar surface area (TPSA) is 133 Å². The second kappa shape index (κ2) is 8.13. The Kier molecular flexibility index (Phi) is 6.23. The van der Waals surface area contributed by atoms with Crippen LogP contribution in [-0.2, 0) is 19.2 Å². The van der Waals surface area contributed by atoms with Gasteiger partial charge >= 0.3 is 11.9 Å². The molecule has 0 aliphatic carbocycles. The van der Waals surface area contributed by atoms with Crippen LogP contribution in [0, 0.1) is 6.92 Å². The molecule has 0 saturated carbocycles. The first-order valence-corrected chi connectivity index (χ1v) is 6.32. The van der Waals surface area contributed by atoms with Crippen molar-refractivity contribution in [1.29, 1.82) is 0 Å². The molecule has 4 N–H and O–H groups in total. The number of anilines is 2. The number of hydrogen-bond acceptors (Lipinski definition) is 4. The van der Waals surface area contributed by atoms with Crippen molar-refractivity contribution in [3.63, 3.8) is 0 Å². The van der Waals surface area contributed by atoms with Crippen molar-refractivity contribution in [1.82, 2.24) is 0 Å². The third-order valence-electron chi connectivity index (χ3n) is 2.45. The number of nitrogens with one attached hydrogen (secondary N) is 2. The highest BCUT2D eigenvalue weighted by molar-refractivity contribution is 6.08. The van der Waals surface area contributed by atoms with Crippen molar-refractivity contribution < 1.29 is 29.4 Å². The van der Waals surface area contributed by atoms with Gasteiger partial charge in [0.25, 0.3) is 0 Å². The van der Waals surface area contributed by atoms with Gasteiger partial charge in [-0.15, -0.1) is 0 Å². The molecular weight excluding hydrogens is 304 g/mol. The third-order valence-corrected chi connectivity index (χ3v) is 2.45. The Labute approximate surface area is 131 Å². The largest absolute Gasteiger partial charge is 0.478 e. The van der Waals surface area contributed by atoms with Gasteiger partial charge in [0.15, 0.2) is 0 Å². The van der Waals surface area contributed by atoms with Crippen LogP contribution in [0.15, 0.2) is 42.5 Å². The Morgan fingerprint density at radius 2 is 1.30 bits per heavy atom. The molecular formula is C15H14N2O6. The van der Waals surface area contributed by atoms with E-state index in [1.165, 1.54) is 6.07 Å². The molecule has 8 heteroatoms. The van der Waals surface area contributed by atoms with Gasteiger partial charge < -0.3 is 20.8 Å². The van der Waals surface area contributed by atoms with E-state index in [-0.39, 0.29) is 11.4 Å². The van der Waals surface area contributed by atoms with Crippen LogP contribution in [0.2, 0.25) is 0 Å². The van der Waals surface area contributed by atoms with Crippen LogP contribution < -0.4 is 10.6 Å². The Morgan fingerprint density at radius 3 is 1.78 bits per heavy atom. The molecule has 0 spiro atoms. The lowest BCUT2D eigenvalue weighted by Gasteiger charge is -2.11. The minimum absolute atomic E-state index is 0.243. The quantitative estimate of drug-likeness (QED) is 0.582. The van der Waals surface area contributed by atoms with Gasteiger partial charge in [-0.1, -0.05) is 6.07 Å². The maximum absolute atomic E-state index is 11.6. The highest BCUT2D eigenvalue weighted by Gasteiger charge is 2.08. The van der Waals surface area contributed by atoms with Crippen LogP contribution in [0.1, 0.15) is 5.56 Å². The first-order chi connectivity index (χ1) is 10.8. The molecule has 0 atom stereocenters. The van der Waals surface area contributed by atoms with Crippen molar-refractivity contribution in [3.05, 3.63) is 48.1 Å². The van der Waals surface area contributed by atoms with E-state index in [9.17, 15) is 19.2 Å². The predicted octanol–water partition coefficient (Wildman–Crippen LogP) is 1.15. The molecule has 1 aromatic carbocycles. The number of aliphatic carboxylic acids is 2. The van der Waals surface area contributed by atoms with Gasteiger partial charge in [0.05, 0.1) is 11.4 Å². The summed E-state index contributed by atoms with van der Waals surface area (Å²) in [6.07, 6.45) is 3.02. The van der Waals surface area contributed by atoms with Gasteiger partial charge in [0.1, 0.15) is 0 Å². The summed E-state index contributed by atoms with van der Waals surface area (Å²) in [4.78, 5) is 43.9. The van der Waals surface area contributed by atoms with E-state index in [1.54, 1.807) is 19.1 Å². The van der Waals surface area contributed by atoms with Crippen LogP contribution >= 0.6 is 0 Å². The minimum atomic E-state index is -1.27. The molecule has 0 saturated heterocycles. The fraction of sp³-hybridized carbons (Fsp3) is 0.0667. The van der Waals surface area contributed by atoms with Crippen LogP contribution in [0.25, 0.3) is 0 Å².